The number of carbonyl (C=O) groups excluding carboxylic acids is 1. The zero-order valence-corrected chi connectivity index (χ0v) is 19.3. The first-order valence-electron chi connectivity index (χ1n) is 10.5. The first-order valence-corrected chi connectivity index (χ1v) is 11.3. The van der Waals surface area contributed by atoms with E-state index in [1.54, 1.807) is 24.3 Å². The van der Waals surface area contributed by atoms with E-state index in [2.05, 4.69) is 4.90 Å². The van der Waals surface area contributed by atoms with Gasteiger partial charge in [-0.05, 0) is 49.2 Å². The highest BCUT2D eigenvalue weighted by atomic mass is 35.5. The van der Waals surface area contributed by atoms with Gasteiger partial charge in [0.15, 0.2) is 5.76 Å². The van der Waals surface area contributed by atoms with Crippen LogP contribution in [0.15, 0.2) is 54.3 Å². The average molecular weight is 484 g/mol. The molecule has 0 amide bonds. The van der Waals surface area contributed by atoms with Crippen molar-refractivity contribution in [2.45, 2.75) is 19.9 Å². The van der Waals surface area contributed by atoms with Crippen LogP contribution in [0.4, 0.5) is 4.39 Å². The van der Waals surface area contributed by atoms with E-state index in [4.69, 9.17) is 32.7 Å². The van der Waals surface area contributed by atoms with Crippen molar-refractivity contribution in [3.05, 3.63) is 98.0 Å². The van der Waals surface area contributed by atoms with Gasteiger partial charge in [0.2, 0.25) is 5.78 Å². The number of fused-ring (bicyclic) bond motifs is 2. The van der Waals surface area contributed by atoms with Crippen molar-refractivity contribution < 1.29 is 18.7 Å². The van der Waals surface area contributed by atoms with Crippen molar-refractivity contribution >= 4 is 35.1 Å². The molecule has 2 aliphatic heterocycles. The van der Waals surface area contributed by atoms with Gasteiger partial charge in [-0.3, -0.25) is 9.69 Å². The van der Waals surface area contributed by atoms with Gasteiger partial charge in [-0.2, -0.15) is 0 Å². The molecule has 0 saturated heterocycles. The molecule has 7 heteroatoms. The summed E-state index contributed by atoms with van der Waals surface area (Å²) in [5.74, 6) is 0.643. The number of allylic oxidation sites excluding steroid dienone is 1. The molecule has 0 atom stereocenters. The number of halogens is 3. The van der Waals surface area contributed by atoms with Gasteiger partial charge in [-0.15, -0.1) is 0 Å². The lowest BCUT2D eigenvalue weighted by Gasteiger charge is -2.30. The second-order valence-electron chi connectivity index (χ2n) is 8.14. The average Bonchev–Trinajstić information content (AvgIpc) is 3.10. The van der Waals surface area contributed by atoms with E-state index in [0.29, 0.717) is 40.2 Å². The fourth-order valence-electron chi connectivity index (χ4n) is 4.18. The fourth-order valence-corrected chi connectivity index (χ4v) is 4.68. The molecule has 2 aliphatic rings. The molecule has 3 aromatic rings. The van der Waals surface area contributed by atoms with Crippen LogP contribution in [-0.2, 0) is 13.0 Å². The number of hydrogen-bond donors (Lipinski definition) is 0. The molecule has 168 valence electrons. The number of benzene rings is 3. The zero-order chi connectivity index (χ0) is 23.1. The second kappa shape index (κ2) is 8.82. The number of hydrogen-bond acceptors (Lipinski definition) is 4. The van der Waals surface area contributed by atoms with E-state index in [1.807, 2.05) is 25.1 Å². The molecular weight excluding hydrogens is 464 g/mol. The van der Waals surface area contributed by atoms with Gasteiger partial charge in [0.1, 0.15) is 24.0 Å². The minimum atomic E-state index is -0.409. The van der Waals surface area contributed by atoms with E-state index in [9.17, 15) is 9.18 Å². The Bertz CT molecular complexity index is 1300. The van der Waals surface area contributed by atoms with Gasteiger partial charge in [-0.1, -0.05) is 47.5 Å². The smallest absolute Gasteiger partial charge is 0.231 e. The normalized spacial score (nSPS) is 16.4. The quantitative estimate of drug-likeness (QED) is 0.399. The summed E-state index contributed by atoms with van der Waals surface area (Å²) in [6, 6.07) is 13.6. The van der Waals surface area contributed by atoms with Crippen LogP contribution in [-0.4, -0.2) is 24.0 Å². The second-order valence-corrected chi connectivity index (χ2v) is 8.98. The Balaban J connectivity index is 1.36. The SMILES string of the molecule is Cc1c2c(cc3c1O/C(=C\c1ccccc1F)C3=O)CN(CCc1ccc(Cl)cc1Cl)CO2. The van der Waals surface area contributed by atoms with E-state index in [0.717, 1.165) is 35.4 Å². The zero-order valence-electron chi connectivity index (χ0n) is 17.8. The van der Waals surface area contributed by atoms with E-state index < -0.39 is 5.82 Å². The Kier molecular flexibility index (Phi) is 5.87. The van der Waals surface area contributed by atoms with Gasteiger partial charge < -0.3 is 9.47 Å². The van der Waals surface area contributed by atoms with E-state index in [1.165, 1.54) is 12.1 Å². The fraction of sp³-hybridized carbons (Fsp3) is 0.192. The van der Waals surface area contributed by atoms with Crippen LogP contribution >= 0.6 is 23.2 Å². The Morgan fingerprint density at radius 1 is 1.12 bits per heavy atom. The van der Waals surface area contributed by atoms with Crippen LogP contribution in [0.1, 0.15) is 32.6 Å². The molecule has 0 aliphatic carbocycles. The molecule has 0 N–H and O–H groups in total. The molecule has 0 spiro atoms. The highest BCUT2D eigenvalue weighted by Gasteiger charge is 2.33. The largest absolute Gasteiger partial charge is 0.477 e. The number of Topliss-reactive ketones (excluding diaryl/α,β-unsaturated/α-hetero) is 1. The van der Waals surface area contributed by atoms with Gasteiger partial charge in [0.25, 0.3) is 0 Å². The van der Waals surface area contributed by atoms with Gasteiger partial charge in [0.05, 0.1) is 5.56 Å². The minimum Gasteiger partial charge on any atom is -0.477 e. The summed E-state index contributed by atoms with van der Waals surface area (Å²) in [5.41, 5.74) is 3.49. The lowest BCUT2D eigenvalue weighted by Crippen LogP contribution is -2.34. The summed E-state index contributed by atoms with van der Waals surface area (Å²) in [6.45, 7) is 3.66. The molecule has 0 saturated carbocycles. The van der Waals surface area contributed by atoms with Crippen LogP contribution in [0.5, 0.6) is 11.5 Å². The number of nitrogens with zero attached hydrogens (tertiary/aromatic N) is 1. The molecule has 33 heavy (non-hydrogen) atoms. The first-order chi connectivity index (χ1) is 15.9. The molecule has 0 bridgehead atoms. The van der Waals surface area contributed by atoms with Gasteiger partial charge in [0, 0.05) is 39.8 Å². The van der Waals surface area contributed by atoms with Crippen molar-refractivity contribution in [1.29, 1.82) is 0 Å². The lowest BCUT2D eigenvalue weighted by molar-refractivity contribution is 0.0954. The van der Waals surface area contributed by atoms with E-state index in [-0.39, 0.29) is 11.5 Å². The molecular formula is C26H20Cl2FNO3. The molecule has 3 aromatic carbocycles. The third-order valence-electron chi connectivity index (χ3n) is 5.91. The summed E-state index contributed by atoms with van der Waals surface area (Å²) in [7, 11) is 0. The van der Waals surface area contributed by atoms with Gasteiger partial charge in [-0.25, -0.2) is 4.39 Å². The van der Waals surface area contributed by atoms with Crippen LogP contribution in [0, 0.1) is 12.7 Å². The topological polar surface area (TPSA) is 38.8 Å². The molecule has 0 aromatic heterocycles. The summed E-state index contributed by atoms with van der Waals surface area (Å²) >= 11 is 12.3. The summed E-state index contributed by atoms with van der Waals surface area (Å²) < 4.78 is 25.9. The number of carbonyl (C=O) groups is 1. The molecule has 4 nitrogen and oxygen atoms in total. The Morgan fingerprint density at radius 3 is 2.73 bits per heavy atom. The summed E-state index contributed by atoms with van der Waals surface area (Å²) in [4.78, 5) is 15.2. The van der Waals surface area contributed by atoms with Crippen LogP contribution in [0.2, 0.25) is 10.0 Å². The maximum atomic E-state index is 14.1. The molecule has 0 fully saturated rings. The third-order valence-corrected chi connectivity index (χ3v) is 6.49. The Labute approximate surface area is 201 Å². The molecule has 2 heterocycles. The Hall–Kier alpha value is -2.86. The predicted octanol–water partition coefficient (Wildman–Crippen LogP) is 6.45. The monoisotopic (exact) mass is 483 g/mol. The molecule has 0 unspecified atom stereocenters. The highest BCUT2D eigenvalue weighted by Crippen LogP contribution is 2.43. The van der Waals surface area contributed by atoms with E-state index >= 15 is 0 Å². The summed E-state index contributed by atoms with van der Waals surface area (Å²) in [5, 5.41) is 1.25. The van der Waals surface area contributed by atoms with Crippen molar-refractivity contribution in [1.82, 2.24) is 4.90 Å². The maximum absolute atomic E-state index is 14.1. The van der Waals surface area contributed by atoms with Crippen molar-refractivity contribution in [2.24, 2.45) is 0 Å². The number of ketones is 1. The van der Waals surface area contributed by atoms with Crippen LogP contribution in [0.25, 0.3) is 6.08 Å². The van der Waals surface area contributed by atoms with Crippen molar-refractivity contribution in [3.63, 3.8) is 0 Å². The van der Waals surface area contributed by atoms with Crippen LogP contribution in [0.3, 0.4) is 0 Å². The van der Waals surface area contributed by atoms with Crippen molar-refractivity contribution in [3.8, 4) is 11.5 Å². The van der Waals surface area contributed by atoms with Crippen molar-refractivity contribution in [2.75, 3.05) is 13.3 Å². The minimum absolute atomic E-state index is 0.106. The summed E-state index contributed by atoms with van der Waals surface area (Å²) in [6.07, 6.45) is 2.19. The first kappa shape index (κ1) is 22.0. The predicted molar refractivity (Wildman–Crippen MR) is 127 cm³/mol. The highest BCUT2D eigenvalue weighted by molar-refractivity contribution is 6.35. The van der Waals surface area contributed by atoms with Gasteiger partial charge >= 0.3 is 0 Å². The number of ether oxygens (including phenoxy) is 2. The Morgan fingerprint density at radius 2 is 1.94 bits per heavy atom. The molecule has 0 radical (unpaired) electrons. The standard InChI is InChI=1S/C26H20Cl2FNO3/c1-15-25-18(13-30(14-32-25)9-8-16-6-7-19(27)12-21(16)28)10-20-24(31)23(33-26(15)20)11-17-4-2-3-5-22(17)29/h2-7,10-12H,8-9,13-14H2,1H3/b23-11-. The maximum Gasteiger partial charge on any atom is 0.231 e. The molecule has 5 rings (SSSR count). The third kappa shape index (κ3) is 4.24. The lowest BCUT2D eigenvalue weighted by atomic mass is 9.99. The van der Waals surface area contributed by atoms with Crippen LogP contribution < -0.4 is 9.47 Å². The number of rotatable bonds is 4.